The number of nitrogens with zero attached hydrogens (tertiary/aromatic N) is 1. The van der Waals surface area contributed by atoms with Crippen LogP contribution in [-0.2, 0) is 9.47 Å². The number of rotatable bonds is 3. The SMILES string of the molecule is NCC1(CN2CCOC3CCCC32)CCCOC1. The molecule has 0 aromatic carbocycles. The van der Waals surface area contributed by atoms with Gasteiger partial charge in [0.2, 0.25) is 0 Å². The largest absolute Gasteiger partial charge is 0.381 e. The second kappa shape index (κ2) is 5.45. The Balaban J connectivity index is 1.66. The van der Waals surface area contributed by atoms with Gasteiger partial charge in [-0.2, -0.15) is 0 Å². The molecule has 18 heavy (non-hydrogen) atoms. The molecule has 0 spiro atoms. The van der Waals surface area contributed by atoms with Gasteiger partial charge in [-0.15, -0.1) is 0 Å². The van der Waals surface area contributed by atoms with Crippen LogP contribution in [0, 0.1) is 5.41 Å². The molecule has 4 nitrogen and oxygen atoms in total. The highest BCUT2D eigenvalue weighted by atomic mass is 16.5. The Morgan fingerprint density at radius 1 is 1.22 bits per heavy atom. The van der Waals surface area contributed by atoms with Crippen LogP contribution >= 0.6 is 0 Å². The molecule has 104 valence electrons. The monoisotopic (exact) mass is 254 g/mol. The van der Waals surface area contributed by atoms with Crippen LogP contribution in [0.3, 0.4) is 0 Å². The predicted molar refractivity (Wildman–Crippen MR) is 70.5 cm³/mol. The van der Waals surface area contributed by atoms with Gasteiger partial charge in [0.05, 0.1) is 19.3 Å². The molecule has 3 aliphatic rings. The quantitative estimate of drug-likeness (QED) is 0.816. The molecule has 1 aliphatic carbocycles. The maximum atomic E-state index is 6.05. The van der Waals surface area contributed by atoms with Crippen LogP contribution in [-0.4, -0.2) is 56.5 Å². The van der Waals surface area contributed by atoms with Crippen molar-refractivity contribution in [1.82, 2.24) is 4.90 Å². The summed E-state index contributed by atoms with van der Waals surface area (Å²) >= 11 is 0. The van der Waals surface area contributed by atoms with Gasteiger partial charge < -0.3 is 15.2 Å². The molecule has 0 radical (unpaired) electrons. The van der Waals surface area contributed by atoms with Gasteiger partial charge in [-0.3, -0.25) is 4.90 Å². The van der Waals surface area contributed by atoms with Crippen LogP contribution in [0.4, 0.5) is 0 Å². The highest BCUT2D eigenvalue weighted by Crippen LogP contribution is 2.34. The molecule has 2 N–H and O–H groups in total. The molecule has 3 rings (SSSR count). The first-order valence-corrected chi connectivity index (χ1v) is 7.46. The Bertz CT molecular complexity index is 279. The van der Waals surface area contributed by atoms with Gasteiger partial charge in [0.1, 0.15) is 0 Å². The van der Waals surface area contributed by atoms with Crippen molar-refractivity contribution in [2.45, 2.75) is 44.2 Å². The van der Waals surface area contributed by atoms with E-state index in [1.165, 1.54) is 25.7 Å². The van der Waals surface area contributed by atoms with Gasteiger partial charge in [0.15, 0.2) is 0 Å². The van der Waals surface area contributed by atoms with Gasteiger partial charge in [-0.1, -0.05) is 0 Å². The van der Waals surface area contributed by atoms with E-state index in [0.717, 1.165) is 45.9 Å². The molecular weight excluding hydrogens is 228 g/mol. The predicted octanol–water partition coefficient (Wildman–Crippen LogP) is 0.995. The molecule has 0 amide bonds. The summed E-state index contributed by atoms with van der Waals surface area (Å²) in [5.41, 5.74) is 6.25. The summed E-state index contributed by atoms with van der Waals surface area (Å²) in [5, 5.41) is 0. The maximum absolute atomic E-state index is 6.05. The topological polar surface area (TPSA) is 47.7 Å². The Hall–Kier alpha value is -0.160. The van der Waals surface area contributed by atoms with Crippen LogP contribution in [0.25, 0.3) is 0 Å². The molecule has 2 aliphatic heterocycles. The summed E-state index contributed by atoms with van der Waals surface area (Å²) in [6.45, 7) is 5.58. The first kappa shape index (κ1) is 12.9. The summed E-state index contributed by atoms with van der Waals surface area (Å²) in [6, 6.07) is 0.643. The molecule has 3 atom stereocenters. The summed E-state index contributed by atoms with van der Waals surface area (Å²) < 4.78 is 11.6. The number of fused-ring (bicyclic) bond motifs is 1. The summed E-state index contributed by atoms with van der Waals surface area (Å²) in [4.78, 5) is 2.64. The molecule has 4 heteroatoms. The van der Waals surface area contributed by atoms with E-state index in [9.17, 15) is 0 Å². The van der Waals surface area contributed by atoms with E-state index < -0.39 is 0 Å². The first-order valence-electron chi connectivity index (χ1n) is 7.46. The Labute approximate surface area is 110 Å². The molecule has 0 bridgehead atoms. The van der Waals surface area contributed by atoms with E-state index in [1.807, 2.05) is 0 Å². The van der Waals surface area contributed by atoms with Crippen LogP contribution < -0.4 is 5.73 Å². The van der Waals surface area contributed by atoms with Crippen molar-refractivity contribution >= 4 is 0 Å². The van der Waals surface area contributed by atoms with E-state index in [4.69, 9.17) is 15.2 Å². The first-order chi connectivity index (χ1) is 8.83. The molecule has 2 heterocycles. The average Bonchev–Trinajstić information content (AvgIpc) is 2.89. The molecule has 1 saturated carbocycles. The van der Waals surface area contributed by atoms with Crippen molar-refractivity contribution in [2.75, 3.05) is 39.5 Å². The zero-order valence-electron chi connectivity index (χ0n) is 11.3. The third-order valence-corrected chi connectivity index (χ3v) is 4.97. The minimum Gasteiger partial charge on any atom is -0.381 e. The lowest BCUT2D eigenvalue weighted by Crippen LogP contribution is -2.55. The molecule has 2 saturated heterocycles. The van der Waals surface area contributed by atoms with E-state index in [0.29, 0.717) is 12.1 Å². The van der Waals surface area contributed by atoms with Crippen LogP contribution in [0.15, 0.2) is 0 Å². The van der Waals surface area contributed by atoms with Crippen molar-refractivity contribution in [1.29, 1.82) is 0 Å². The molecule has 3 fully saturated rings. The highest BCUT2D eigenvalue weighted by molar-refractivity contribution is 4.94. The minimum absolute atomic E-state index is 0.197. The van der Waals surface area contributed by atoms with Crippen LogP contribution in [0.5, 0.6) is 0 Å². The fourth-order valence-electron chi connectivity index (χ4n) is 3.89. The van der Waals surface area contributed by atoms with Crippen LogP contribution in [0.2, 0.25) is 0 Å². The maximum Gasteiger partial charge on any atom is 0.0730 e. The van der Waals surface area contributed by atoms with Crippen molar-refractivity contribution in [3.63, 3.8) is 0 Å². The molecular formula is C14H26N2O2. The number of hydrogen-bond donors (Lipinski definition) is 1. The van der Waals surface area contributed by atoms with E-state index in [1.54, 1.807) is 0 Å². The van der Waals surface area contributed by atoms with Crippen molar-refractivity contribution < 1.29 is 9.47 Å². The lowest BCUT2D eigenvalue weighted by atomic mass is 9.81. The van der Waals surface area contributed by atoms with Crippen molar-refractivity contribution in [2.24, 2.45) is 11.1 Å². The van der Waals surface area contributed by atoms with Crippen molar-refractivity contribution in [3.8, 4) is 0 Å². The fourth-order valence-corrected chi connectivity index (χ4v) is 3.89. The second-order valence-corrected chi connectivity index (χ2v) is 6.24. The van der Waals surface area contributed by atoms with E-state index in [-0.39, 0.29) is 5.41 Å². The van der Waals surface area contributed by atoms with Gasteiger partial charge in [-0.05, 0) is 32.1 Å². The molecule has 3 unspecified atom stereocenters. The van der Waals surface area contributed by atoms with Gasteiger partial charge in [-0.25, -0.2) is 0 Å². The zero-order chi connectivity index (χ0) is 12.4. The minimum atomic E-state index is 0.197. The van der Waals surface area contributed by atoms with E-state index >= 15 is 0 Å². The number of ether oxygens (including phenoxy) is 2. The zero-order valence-corrected chi connectivity index (χ0v) is 11.3. The summed E-state index contributed by atoms with van der Waals surface area (Å²) in [7, 11) is 0. The molecule has 0 aromatic heterocycles. The Morgan fingerprint density at radius 2 is 2.17 bits per heavy atom. The van der Waals surface area contributed by atoms with Crippen LogP contribution in [0.1, 0.15) is 32.1 Å². The smallest absolute Gasteiger partial charge is 0.0730 e. The standard InChI is InChI=1S/C14H26N2O2/c15-9-14(5-2-7-17-11-14)10-16-6-8-18-13-4-1-3-12(13)16/h12-13H,1-11,15H2. The third kappa shape index (κ3) is 2.44. The Morgan fingerprint density at radius 3 is 2.94 bits per heavy atom. The van der Waals surface area contributed by atoms with Gasteiger partial charge in [0.25, 0.3) is 0 Å². The highest BCUT2D eigenvalue weighted by Gasteiger charge is 2.41. The van der Waals surface area contributed by atoms with Crippen molar-refractivity contribution in [3.05, 3.63) is 0 Å². The second-order valence-electron chi connectivity index (χ2n) is 6.24. The number of hydrogen-bond acceptors (Lipinski definition) is 4. The summed E-state index contributed by atoms with van der Waals surface area (Å²) in [5.74, 6) is 0. The van der Waals surface area contributed by atoms with Gasteiger partial charge >= 0.3 is 0 Å². The lowest BCUT2D eigenvalue weighted by Gasteiger charge is -2.45. The number of morpholine rings is 1. The summed E-state index contributed by atoms with van der Waals surface area (Å²) in [6.07, 6.45) is 6.73. The Kier molecular flexibility index (Phi) is 3.89. The average molecular weight is 254 g/mol. The lowest BCUT2D eigenvalue weighted by molar-refractivity contribution is -0.0876. The molecule has 0 aromatic rings. The number of nitrogens with two attached hydrogens (primary N) is 1. The van der Waals surface area contributed by atoms with E-state index in [2.05, 4.69) is 4.90 Å². The normalized spacial score (nSPS) is 41.8. The fraction of sp³-hybridized carbons (Fsp3) is 1.00. The third-order valence-electron chi connectivity index (χ3n) is 4.97. The van der Waals surface area contributed by atoms with Gasteiger partial charge in [0, 0.05) is 37.7 Å².